The molecule has 0 saturated heterocycles. The van der Waals surface area contributed by atoms with Crippen LogP contribution < -0.4 is 11.0 Å². The average molecular weight is 396 g/mol. The second-order valence-electron chi connectivity index (χ2n) is 7.42. The van der Waals surface area contributed by atoms with Crippen molar-refractivity contribution in [3.63, 3.8) is 0 Å². The van der Waals surface area contributed by atoms with Crippen molar-refractivity contribution in [3.8, 4) is 11.5 Å². The highest BCUT2D eigenvalue weighted by Crippen LogP contribution is 2.16. The highest BCUT2D eigenvalue weighted by Gasteiger charge is 2.07. The van der Waals surface area contributed by atoms with Gasteiger partial charge in [0.05, 0.1) is 11.4 Å². The third-order valence-corrected chi connectivity index (χ3v) is 4.76. The monoisotopic (exact) mass is 396 g/mol. The molecule has 0 aliphatic rings. The van der Waals surface area contributed by atoms with Crippen LogP contribution in [0.5, 0.6) is 0 Å². The van der Waals surface area contributed by atoms with Crippen molar-refractivity contribution in [1.29, 1.82) is 0 Å². The molecule has 0 unspecified atom stereocenters. The number of aryl methyl sites for hydroxylation is 4. The smallest absolute Gasteiger partial charge is 0.266 e. The first-order valence-electron chi connectivity index (χ1n) is 9.86. The summed E-state index contributed by atoms with van der Waals surface area (Å²) in [6, 6.07) is 24.0. The summed E-state index contributed by atoms with van der Waals surface area (Å²) in [5, 5.41) is 4.60. The summed E-state index contributed by atoms with van der Waals surface area (Å²) in [4.78, 5) is 9.50. The zero-order valence-electron chi connectivity index (χ0n) is 17.6. The van der Waals surface area contributed by atoms with Crippen molar-refractivity contribution in [3.05, 3.63) is 101 Å². The van der Waals surface area contributed by atoms with Crippen molar-refractivity contribution < 1.29 is 4.42 Å². The van der Waals surface area contributed by atoms with Crippen molar-refractivity contribution in [2.75, 3.05) is 0 Å². The van der Waals surface area contributed by atoms with Crippen LogP contribution in [0.2, 0.25) is 0 Å². The minimum Gasteiger partial charge on any atom is -0.415 e. The van der Waals surface area contributed by atoms with Gasteiger partial charge in [-0.05, 0) is 57.2 Å². The van der Waals surface area contributed by atoms with E-state index in [1.165, 1.54) is 16.7 Å². The summed E-state index contributed by atoms with van der Waals surface area (Å²) >= 11 is 0. The van der Waals surface area contributed by atoms with Crippen LogP contribution in [0.3, 0.4) is 0 Å². The van der Waals surface area contributed by atoms with Crippen LogP contribution in [0.4, 0.5) is 11.4 Å². The topological polar surface area (TPSA) is 55.7 Å². The van der Waals surface area contributed by atoms with Gasteiger partial charge in [-0.3, -0.25) is 0 Å². The summed E-state index contributed by atoms with van der Waals surface area (Å²) in [6.45, 7) is 6.15. The van der Waals surface area contributed by atoms with E-state index < -0.39 is 0 Å². The van der Waals surface area contributed by atoms with Crippen LogP contribution in [-0.4, -0.2) is 9.78 Å². The third kappa shape index (κ3) is 4.46. The first-order valence-corrected chi connectivity index (χ1v) is 9.86. The maximum absolute atomic E-state index is 6.15. The van der Waals surface area contributed by atoms with Gasteiger partial charge in [-0.1, -0.05) is 53.1 Å². The fourth-order valence-electron chi connectivity index (χ4n) is 2.96. The molecule has 0 amide bonds. The van der Waals surface area contributed by atoms with E-state index in [2.05, 4.69) is 18.9 Å². The minimum absolute atomic E-state index is 0.410. The Labute approximate surface area is 175 Å². The highest BCUT2D eigenvalue weighted by atomic mass is 16.4. The minimum atomic E-state index is 0.410. The quantitative estimate of drug-likeness (QED) is 0.485. The Morgan fingerprint density at radius 2 is 1.13 bits per heavy atom. The molecule has 5 nitrogen and oxygen atoms in total. The number of rotatable bonds is 3. The number of hydrogen-bond donors (Lipinski definition) is 0. The molecule has 4 rings (SSSR count). The van der Waals surface area contributed by atoms with Crippen LogP contribution in [0, 0.1) is 20.8 Å². The fraction of sp³-hybridized carbons (Fsp3) is 0.160. The Bertz CT molecular complexity index is 1290. The predicted octanol–water partition coefficient (Wildman–Crippen LogP) is 5.07. The lowest BCUT2D eigenvalue weighted by Gasteiger charge is -2.05. The molecule has 0 N–H and O–H groups in total. The van der Waals surface area contributed by atoms with Gasteiger partial charge in [0.25, 0.3) is 5.55 Å². The molecule has 1 heterocycles. The highest BCUT2D eigenvalue weighted by molar-refractivity contribution is 5.52. The molecular formula is C25H24N4O. The first-order chi connectivity index (χ1) is 14.5. The Balaban J connectivity index is 1.95. The molecule has 1 aromatic heterocycles. The van der Waals surface area contributed by atoms with E-state index in [4.69, 9.17) is 14.4 Å². The predicted molar refractivity (Wildman–Crippen MR) is 118 cm³/mol. The number of hydrogen-bond acceptors (Lipinski definition) is 4. The average Bonchev–Trinajstić information content (AvgIpc) is 2.74. The van der Waals surface area contributed by atoms with Gasteiger partial charge in [0.15, 0.2) is 0 Å². The molecule has 5 heteroatoms. The van der Waals surface area contributed by atoms with Gasteiger partial charge >= 0.3 is 0 Å². The summed E-state index contributed by atoms with van der Waals surface area (Å²) in [5.41, 5.74) is 7.00. The van der Waals surface area contributed by atoms with Crippen LogP contribution >= 0.6 is 0 Å². The molecule has 0 saturated carbocycles. The lowest BCUT2D eigenvalue weighted by Crippen LogP contribution is -2.36. The van der Waals surface area contributed by atoms with E-state index in [-0.39, 0.29) is 0 Å². The van der Waals surface area contributed by atoms with E-state index in [0.717, 1.165) is 16.9 Å². The SMILES string of the molecule is Cc1ccc(N=c2oc(-c3ccc(C)cc3)nn(C)c2=Nc2ccc(C)cc2)cc1. The Morgan fingerprint density at radius 1 is 0.667 bits per heavy atom. The number of benzene rings is 3. The van der Waals surface area contributed by atoms with E-state index in [1.54, 1.807) is 4.68 Å². The molecule has 3 aromatic carbocycles. The summed E-state index contributed by atoms with van der Waals surface area (Å²) in [6.07, 6.45) is 0. The van der Waals surface area contributed by atoms with Crippen molar-refractivity contribution in [2.24, 2.45) is 17.0 Å². The summed E-state index contributed by atoms with van der Waals surface area (Å²) in [7, 11) is 1.86. The molecule has 0 spiro atoms. The van der Waals surface area contributed by atoms with E-state index in [1.807, 2.05) is 86.8 Å². The molecule has 150 valence electrons. The van der Waals surface area contributed by atoms with Crippen molar-refractivity contribution in [2.45, 2.75) is 20.8 Å². The molecular weight excluding hydrogens is 372 g/mol. The van der Waals surface area contributed by atoms with Crippen LogP contribution in [-0.2, 0) is 7.05 Å². The second kappa shape index (κ2) is 8.33. The maximum atomic E-state index is 6.15. The van der Waals surface area contributed by atoms with Gasteiger partial charge in [0.1, 0.15) is 0 Å². The molecule has 4 aromatic rings. The second-order valence-corrected chi connectivity index (χ2v) is 7.42. The van der Waals surface area contributed by atoms with Crippen LogP contribution in [0.25, 0.3) is 11.5 Å². The zero-order chi connectivity index (χ0) is 21.1. The molecule has 0 aliphatic heterocycles. The van der Waals surface area contributed by atoms with E-state index in [9.17, 15) is 0 Å². The van der Waals surface area contributed by atoms with Gasteiger partial charge in [-0.25, -0.2) is 14.7 Å². The fourth-order valence-corrected chi connectivity index (χ4v) is 2.96. The first kappa shape index (κ1) is 19.6. The standard InChI is InChI=1S/C25H24N4O/c1-17-5-11-20(12-6-17)24-28-29(4)23(26-21-13-7-18(2)8-14-21)25(30-24)27-22-15-9-19(3)10-16-22/h5-16H,1-4H3. The molecule has 0 bridgehead atoms. The van der Waals surface area contributed by atoms with Gasteiger partial charge < -0.3 is 4.42 Å². The largest absolute Gasteiger partial charge is 0.415 e. The van der Waals surface area contributed by atoms with Gasteiger partial charge in [0.2, 0.25) is 11.4 Å². The third-order valence-electron chi connectivity index (χ3n) is 4.76. The lowest BCUT2D eigenvalue weighted by atomic mass is 10.1. The Kier molecular flexibility index (Phi) is 5.44. The van der Waals surface area contributed by atoms with Gasteiger partial charge in [-0.15, -0.1) is 5.10 Å². The van der Waals surface area contributed by atoms with Gasteiger partial charge in [-0.2, -0.15) is 0 Å². The normalized spacial score (nSPS) is 12.4. The molecule has 30 heavy (non-hydrogen) atoms. The maximum Gasteiger partial charge on any atom is 0.266 e. The van der Waals surface area contributed by atoms with Crippen molar-refractivity contribution in [1.82, 2.24) is 9.78 Å². The van der Waals surface area contributed by atoms with Crippen molar-refractivity contribution >= 4 is 11.4 Å². The Morgan fingerprint density at radius 3 is 1.67 bits per heavy atom. The Hall–Kier alpha value is -3.73. The summed E-state index contributed by atoms with van der Waals surface area (Å²) < 4.78 is 7.87. The zero-order valence-corrected chi connectivity index (χ0v) is 17.6. The molecule has 0 atom stereocenters. The van der Waals surface area contributed by atoms with E-state index in [0.29, 0.717) is 16.9 Å². The van der Waals surface area contributed by atoms with Gasteiger partial charge in [0, 0.05) is 12.6 Å². The van der Waals surface area contributed by atoms with Crippen LogP contribution in [0.15, 0.2) is 87.2 Å². The molecule has 0 fully saturated rings. The van der Waals surface area contributed by atoms with E-state index >= 15 is 0 Å². The molecule has 0 aliphatic carbocycles. The summed E-state index contributed by atoms with van der Waals surface area (Å²) in [5.74, 6) is 0.492. The lowest BCUT2D eigenvalue weighted by molar-refractivity contribution is 0.434. The van der Waals surface area contributed by atoms with Crippen LogP contribution in [0.1, 0.15) is 16.7 Å². The number of aromatic nitrogens is 2. The number of nitrogens with zero attached hydrogens (tertiary/aromatic N) is 4. The molecule has 0 radical (unpaired) electrons.